The Hall–Kier alpha value is -1.86. The molecule has 3 nitrogen and oxygen atoms in total. The summed E-state index contributed by atoms with van der Waals surface area (Å²) >= 11 is 0. The van der Waals surface area contributed by atoms with Gasteiger partial charge in [0.15, 0.2) is 0 Å². The van der Waals surface area contributed by atoms with Gasteiger partial charge in [-0.2, -0.15) is 5.26 Å². The summed E-state index contributed by atoms with van der Waals surface area (Å²) in [5.41, 5.74) is 11.3. The summed E-state index contributed by atoms with van der Waals surface area (Å²) in [7, 11) is 0. The molecule has 0 radical (unpaired) electrons. The summed E-state index contributed by atoms with van der Waals surface area (Å²) in [6.45, 7) is 1.21. The third-order valence-corrected chi connectivity index (χ3v) is 3.77. The van der Waals surface area contributed by atoms with Gasteiger partial charge in [0.1, 0.15) is 0 Å². The summed E-state index contributed by atoms with van der Waals surface area (Å²) in [5.74, 6) is 0. The van der Waals surface area contributed by atoms with Gasteiger partial charge >= 0.3 is 0 Å². The lowest BCUT2D eigenvalue weighted by molar-refractivity contribution is 0.0486. The van der Waals surface area contributed by atoms with Crippen molar-refractivity contribution >= 4 is 12.4 Å². The second kappa shape index (κ2) is 6.73. The molecule has 0 fully saturated rings. The first-order valence-corrected chi connectivity index (χ1v) is 6.77. The molecule has 0 bridgehead atoms. The number of rotatable bonds is 2. The third-order valence-electron chi connectivity index (χ3n) is 3.77. The number of hydrogen-bond acceptors (Lipinski definition) is 3. The fourth-order valence-electron chi connectivity index (χ4n) is 2.77. The molecule has 3 rings (SSSR count). The van der Waals surface area contributed by atoms with Crippen LogP contribution in [-0.4, -0.2) is 13.2 Å². The van der Waals surface area contributed by atoms with Crippen LogP contribution in [0.4, 0.5) is 0 Å². The Bertz CT molecular complexity index is 661. The molecule has 0 saturated heterocycles. The number of nitrogens with two attached hydrogens (primary N) is 1. The average Bonchev–Trinajstić information content (AvgIpc) is 2.54. The van der Waals surface area contributed by atoms with E-state index >= 15 is 0 Å². The van der Waals surface area contributed by atoms with Crippen LogP contribution in [0.2, 0.25) is 0 Å². The van der Waals surface area contributed by atoms with Crippen molar-refractivity contribution < 1.29 is 4.74 Å². The van der Waals surface area contributed by atoms with Gasteiger partial charge < -0.3 is 10.5 Å². The normalized spacial score (nSPS) is 16.5. The molecule has 2 aromatic rings. The highest BCUT2D eigenvalue weighted by molar-refractivity contribution is 5.85. The Balaban J connectivity index is 0.00000161. The molecule has 1 aliphatic rings. The van der Waals surface area contributed by atoms with Crippen LogP contribution in [0, 0.1) is 11.3 Å². The Morgan fingerprint density at radius 2 is 1.95 bits per heavy atom. The molecule has 2 aromatic carbocycles. The van der Waals surface area contributed by atoms with Crippen LogP contribution in [0.1, 0.15) is 22.8 Å². The SMILES string of the molecule is Cl.N#Cc1ccc(-c2cccc3c2CCO[C@H]3CN)cc1. The monoisotopic (exact) mass is 300 g/mol. The topological polar surface area (TPSA) is 59.0 Å². The van der Waals surface area contributed by atoms with E-state index < -0.39 is 0 Å². The molecule has 0 spiro atoms. The molecule has 1 heterocycles. The molecule has 1 aliphatic heterocycles. The zero-order valence-electron chi connectivity index (χ0n) is 11.6. The maximum atomic E-state index is 8.88. The maximum absolute atomic E-state index is 8.88. The van der Waals surface area contributed by atoms with Crippen molar-refractivity contribution in [3.8, 4) is 17.2 Å². The second-order valence-corrected chi connectivity index (χ2v) is 4.91. The van der Waals surface area contributed by atoms with Gasteiger partial charge in [-0.15, -0.1) is 12.4 Å². The van der Waals surface area contributed by atoms with E-state index in [1.54, 1.807) is 0 Å². The van der Waals surface area contributed by atoms with E-state index in [1.165, 1.54) is 16.7 Å². The minimum Gasteiger partial charge on any atom is -0.372 e. The number of fused-ring (bicyclic) bond motifs is 1. The van der Waals surface area contributed by atoms with E-state index in [9.17, 15) is 0 Å². The quantitative estimate of drug-likeness (QED) is 0.926. The Morgan fingerprint density at radius 3 is 2.62 bits per heavy atom. The smallest absolute Gasteiger partial charge is 0.0991 e. The summed E-state index contributed by atoms with van der Waals surface area (Å²) in [6.07, 6.45) is 0.902. The van der Waals surface area contributed by atoms with E-state index in [-0.39, 0.29) is 18.5 Å². The zero-order valence-corrected chi connectivity index (χ0v) is 12.4. The number of halogens is 1. The van der Waals surface area contributed by atoms with Gasteiger partial charge in [-0.1, -0.05) is 30.3 Å². The number of nitriles is 1. The Morgan fingerprint density at radius 1 is 1.19 bits per heavy atom. The number of benzene rings is 2. The molecule has 0 saturated carbocycles. The maximum Gasteiger partial charge on any atom is 0.0991 e. The lowest BCUT2D eigenvalue weighted by atomic mass is 9.89. The van der Waals surface area contributed by atoms with Crippen LogP contribution in [-0.2, 0) is 11.2 Å². The van der Waals surface area contributed by atoms with Crippen LogP contribution in [0.5, 0.6) is 0 Å². The van der Waals surface area contributed by atoms with Crippen molar-refractivity contribution in [1.82, 2.24) is 0 Å². The number of nitrogens with zero attached hydrogens (tertiary/aromatic N) is 1. The molecule has 0 unspecified atom stereocenters. The predicted octanol–water partition coefficient (Wildman–Crippen LogP) is 3.22. The molecule has 21 heavy (non-hydrogen) atoms. The average molecular weight is 301 g/mol. The van der Waals surface area contributed by atoms with E-state index in [2.05, 4.69) is 18.2 Å². The number of ether oxygens (including phenoxy) is 1. The lowest BCUT2D eigenvalue weighted by Crippen LogP contribution is -2.23. The van der Waals surface area contributed by atoms with Crippen LogP contribution < -0.4 is 5.73 Å². The highest BCUT2D eigenvalue weighted by Gasteiger charge is 2.21. The molecule has 0 aromatic heterocycles. The predicted molar refractivity (Wildman–Crippen MR) is 85.3 cm³/mol. The summed E-state index contributed by atoms with van der Waals surface area (Å²) < 4.78 is 5.71. The molecule has 1 atom stereocenters. The minimum atomic E-state index is -0.00270. The van der Waals surface area contributed by atoms with Crippen molar-refractivity contribution in [2.45, 2.75) is 12.5 Å². The van der Waals surface area contributed by atoms with Crippen LogP contribution in [0.25, 0.3) is 11.1 Å². The molecular weight excluding hydrogens is 284 g/mol. The first-order chi connectivity index (χ1) is 9.83. The van der Waals surface area contributed by atoms with Crippen molar-refractivity contribution in [3.05, 3.63) is 59.2 Å². The fraction of sp³-hybridized carbons (Fsp3) is 0.235. The van der Waals surface area contributed by atoms with E-state index in [4.69, 9.17) is 15.7 Å². The summed E-state index contributed by atoms with van der Waals surface area (Å²) in [5, 5.41) is 8.88. The van der Waals surface area contributed by atoms with Gasteiger partial charge in [-0.3, -0.25) is 0 Å². The fourth-order valence-corrected chi connectivity index (χ4v) is 2.77. The molecule has 2 N–H and O–H groups in total. The highest BCUT2D eigenvalue weighted by Crippen LogP contribution is 2.34. The second-order valence-electron chi connectivity index (χ2n) is 4.91. The standard InChI is InChI=1S/C17H16N2O.ClH/c18-10-12-4-6-13(7-5-12)14-2-1-3-16-15(14)8-9-20-17(16)11-19;/h1-7,17H,8-9,11,19H2;1H/t17-;/m0./s1. The van der Waals surface area contributed by atoms with E-state index in [0.29, 0.717) is 18.7 Å². The van der Waals surface area contributed by atoms with Crippen LogP contribution in [0.3, 0.4) is 0 Å². The molecule has 0 aliphatic carbocycles. The summed E-state index contributed by atoms with van der Waals surface area (Å²) in [6, 6.07) is 16.1. The lowest BCUT2D eigenvalue weighted by Gasteiger charge is -2.27. The van der Waals surface area contributed by atoms with Gasteiger partial charge in [0.25, 0.3) is 0 Å². The summed E-state index contributed by atoms with van der Waals surface area (Å²) in [4.78, 5) is 0. The van der Waals surface area contributed by atoms with Crippen molar-refractivity contribution in [3.63, 3.8) is 0 Å². The van der Waals surface area contributed by atoms with Crippen molar-refractivity contribution in [1.29, 1.82) is 5.26 Å². The Kier molecular flexibility index (Phi) is 4.98. The molecular formula is C17H17ClN2O. The largest absolute Gasteiger partial charge is 0.372 e. The van der Waals surface area contributed by atoms with Gasteiger partial charge in [-0.05, 0) is 40.8 Å². The van der Waals surface area contributed by atoms with E-state index in [1.807, 2.05) is 30.3 Å². The number of hydrogen-bond donors (Lipinski definition) is 1. The molecule has 4 heteroatoms. The van der Waals surface area contributed by atoms with Gasteiger partial charge in [0.05, 0.1) is 24.3 Å². The molecule has 0 amide bonds. The van der Waals surface area contributed by atoms with Gasteiger partial charge in [0, 0.05) is 6.54 Å². The first-order valence-electron chi connectivity index (χ1n) is 6.77. The minimum absolute atomic E-state index is 0. The zero-order chi connectivity index (χ0) is 13.9. The van der Waals surface area contributed by atoms with E-state index in [0.717, 1.165) is 12.0 Å². The van der Waals surface area contributed by atoms with Crippen molar-refractivity contribution in [2.24, 2.45) is 5.73 Å². The van der Waals surface area contributed by atoms with Gasteiger partial charge in [0.2, 0.25) is 0 Å². The van der Waals surface area contributed by atoms with Crippen LogP contribution in [0.15, 0.2) is 42.5 Å². The molecule has 108 valence electrons. The third kappa shape index (κ3) is 2.93. The van der Waals surface area contributed by atoms with Gasteiger partial charge in [-0.25, -0.2) is 0 Å². The highest BCUT2D eigenvalue weighted by atomic mass is 35.5. The van der Waals surface area contributed by atoms with Crippen LogP contribution >= 0.6 is 12.4 Å². The first kappa shape index (κ1) is 15.5. The Labute approximate surface area is 130 Å². The van der Waals surface area contributed by atoms with Crippen molar-refractivity contribution in [2.75, 3.05) is 13.2 Å².